The zero-order valence-electron chi connectivity index (χ0n) is 34.9. The molecule has 0 unspecified atom stereocenters. The highest BCUT2D eigenvalue weighted by Gasteiger charge is 2.44. The Labute approximate surface area is 343 Å². The van der Waals surface area contributed by atoms with E-state index in [9.17, 15) is 35.4 Å². The molecular formula is C47H77NO9. The molecule has 2 aromatic carbocycles. The third kappa shape index (κ3) is 19.5. The fourth-order valence-corrected chi connectivity index (χ4v) is 7.71. The molecule has 1 fully saturated rings. The first-order valence-corrected chi connectivity index (χ1v) is 22.5. The van der Waals surface area contributed by atoms with E-state index in [1.54, 1.807) is 0 Å². The molecule has 1 amide bonds. The summed E-state index contributed by atoms with van der Waals surface area (Å²) in [5.41, 5.74) is 3.86. The van der Waals surface area contributed by atoms with Crippen molar-refractivity contribution in [3.05, 3.63) is 60.2 Å². The van der Waals surface area contributed by atoms with E-state index >= 15 is 0 Å². The third-order valence-electron chi connectivity index (χ3n) is 11.5. The Bertz CT molecular complexity index is 1280. The summed E-state index contributed by atoms with van der Waals surface area (Å²) in [4.78, 5) is 13.0. The summed E-state index contributed by atoms with van der Waals surface area (Å²) in [5, 5.41) is 65.2. The molecule has 2 aromatic rings. The Morgan fingerprint density at radius 1 is 0.667 bits per heavy atom. The van der Waals surface area contributed by atoms with Gasteiger partial charge in [0, 0.05) is 6.42 Å². The van der Waals surface area contributed by atoms with Gasteiger partial charge in [-0.15, -0.1) is 0 Å². The average molecular weight is 800 g/mol. The summed E-state index contributed by atoms with van der Waals surface area (Å²) in [6.07, 6.45) is 14.7. The van der Waals surface area contributed by atoms with Crippen molar-refractivity contribution in [1.82, 2.24) is 5.32 Å². The van der Waals surface area contributed by atoms with Crippen LogP contribution in [0.1, 0.15) is 154 Å². The number of carbonyl (C=O) groups is 1. The summed E-state index contributed by atoms with van der Waals surface area (Å²) < 4.78 is 11.2. The molecule has 1 aliphatic rings. The number of amides is 1. The van der Waals surface area contributed by atoms with Crippen LogP contribution in [0.15, 0.2) is 54.6 Å². The number of benzene rings is 2. The van der Waals surface area contributed by atoms with Crippen LogP contribution >= 0.6 is 0 Å². The van der Waals surface area contributed by atoms with Crippen LogP contribution in [0.5, 0.6) is 0 Å². The van der Waals surface area contributed by atoms with Gasteiger partial charge in [-0.2, -0.15) is 0 Å². The van der Waals surface area contributed by atoms with Crippen LogP contribution < -0.4 is 5.32 Å². The fourth-order valence-electron chi connectivity index (χ4n) is 7.71. The average Bonchev–Trinajstić information content (AvgIpc) is 3.23. The maximum absolute atomic E-state index is 13.0. The number of nitrogens with one attached hydrogen (secondary N) is 1. The number of carbonyl (C=O) groups excluding carboxylic acids is 1. The van der Waals surface area contributed by atoms with Crippen LogP contribution in [0.4, 0.5) is 0 Å². The minimum atomic E-state index is -1.61. The van der Waals surface area contributed by atoms with E-state index in [4.69, 9.17) is 9.47 Å². The number of aliphatic hydroxyl groups excluding tert-OH is 6. The molecule has 0 aliphatic carbocycles. The molecular weight excluding hydrogens is 723 g/mol. The fraction of sp³-hybridized carbons (Fsp3) is 0.723. The van der Waals surface area contributed by atoms with Gasteiger partial charge >= 0.3 is 0 Å². The van der Waals surface area contributed by atoms with E-state index in [1.165, 1.54) is 93.7 Å². The highest BCUT2D eigenvalue weighted by molar-refractivity contribution is 5.76. The molecule has 1 heterocycles. The Morgan fingerprint density at radius 3 is 1.77 bits per heavy atom. The van der Waals surface area contributed by atoms with E-state index in [0.29, 0.717) is 12.8 Å². The second-order valence-corrected chi connectivity index (χ2v) is 16.3. The van der Waals surface area contributed by atoms with Crippen LogP contribution in [0, 0.1) is 0 Å². The highest BCUT2D eigenvalue weighted by atomic mass is 16.7. The predicted molar refractivity (Wildman–Crippen MR) is 226 cm³/mol. The lowest BCUT2D eigenvalue weighted by Crippen LogP contribution is -2.60. The number of hydrogen-bond acceptors (Lipinski definition) is 9. The van der Waals surface area contributed by atoms with Crippen molar-refractivity contribution in [2.24, 2.45) is 0 Å². The Morgan fingerprint density at radius 2 is 1.19 bits per heavy atom. The molecule has 0 bridgehead atoms. The Balaban J connectivity index is 1.33. The highest BCUT2D eigenvalue weighted by Crippen LogP contribution is 2.24. The summed E-state index contributed by atoms with van der Waals surface area (Å²) in [6, 6.07) is 18.3. The zero-order valence-corrected chi connectivity index (χ0v) is 34.9. The smallest absolute Gasteiger partial charge is 0.220 e. The molecule has 7 N–H and O–H groups in total. The quantitative estimate of drug-likeness (QED) is 0.0370. The van der Waals surface area contributed by atoms with Gasteiger partial charge in [0.25, 0.3) is 0 Å². The van der Waals surface area contributed by atoms with Crippen molar-refractivity contribution in [2.75, 3.05) is 13.2 Å². The molecule has 10 heteroatoms. The number of hydrogen-bond donors (Lipinski definition) is 7. The first-order valence-electron chi connectivity index (χ1n) is 22.5. The molecule has 0 aromatic heterocycles. The lowest BCUT2D eigenvalue weighted by Gasteiger charge is -2.40. The molecule has 10 nitrogen and oxygen atoms in total. The third-order valence-corrected chi connectivity index (χ3v) is 11.5. The van der Waals surface area contributed by atoms with Gasteiger partial charge in [0.1, 0.15) is 30.5 Å². The SMILES string of the molecule is CCCCCCCCCCCCCC[C@@H](O)[C@@H](O)[C@H](CO[C@H]1O[C@H](CO)[C@H](O)[C@H](O)[C@H]1O)NC(=O)CCCCCCCCCCc1ccc(-c2ccccc2)cc1. The van der Waals surface area contributed by atoms with Gasteiger partial charge in [-0.05, 0) is 42.4 Å². The van der Waals surface area contributed by atoms with Gasteiger partial charge in [0.15, 0.2) is 6.29 Å². The molecule has 3 rings (SSSR count). The van der Waals surface area contributed by atoms with E-state index < -0.39 is 55.6 Å². The number of ether oxygens (including phenoxy) is 2. The van der Waals surface area contributed by atoms with Crippen molar-refractivity contribution in [2.45, 2.75) is 204 Å². The maximum atomic E-state index is 13.0. The molecule has 1 aliphatic heterocycles. The Kier molecular flexibility index (Phi) is 25.5. The normalized spacial score (nSPS) is 21.3. The van der Waals surface area contributed by atoms with Crippen LogP contribution in [-0.2, 0) is 20.7 Å². The van der Waals surface area contributed by atoms with Crippen LogP contribution in [0.3, 0.4) is 0 Å². The van der Waals surface area contributed by atoms with Gasteiger partial charge < -0.3 is 45.4 Å². The first kappa shape index (κ1) is 49.0. The molecule has 0 spiro atoms. The van der Waals surface area contributed by atoms with E-state index in [-0.39, 0.29) is 18.9 Å². The second-order valence-electron chi connectivity index (χ2n) is 16.3. The van der Waals surface area contributed by atoms with Crippen LogP contribution in [0.2, 0.25) is 0 Å². The van der Waals surface area contributed by atoms with Gasteiger partial charge in [-0.1, -0.05) is 177 Å². The minimum Gasteiger partial charge on any atom is -0.394 e. The van der Waals surface area contributed by atoms with Crippen molar-refractivity contribution in [1.29, 1.82) is 0 Å². The topological polar surface area (TPSA) is 169 Å². The number of rotatable bonds is 32. The standard InChI is InChI=1S/C47H77NO9/c1-2-3-4-5-6-7-8-9-10-14-17-23-28-40(50)43(52)39(35-56-47-46(55)45(54)44(53)41(34-49)57-47)48-42(51)29-24-18-15-12-11-13-16-20-25-36-30-32-38(33-31-36)37-26-21-19-22-27-37/h19,21-22,26-27,30-33,39-41,43-47,49-50,52-55H,2-18,20,23-25,28-29,34-35H2,1H3,(H,48,51)/t39-,40+,41+,43-,44-,45-,46+,47-/m0/s1. The van der Waals surface area contributed by atoms with Gasteiger partial charge in [-0.25, -0.2) is 0 Å². The predicted octanol–water partition coefficient (Wildman–Crippen LogP) is 7.52. The van der Waals surface area contributed by atoms with E-state index in [2.05, 4.69) is 60.8 Å². The monoisotopic (exact) mass is 800 g/mol. The van der Waals surface area contributed by atoms with Crippen LogP contribution in [0.25, 0.3) is 11.1 Å². The zero-order chi connectivity index (χ0) is 41.1. The van der Waals surface area contributed by atoms with E-state index in [1.807, 2.05) is 6.07 Å². The van der Waals surface area contributed by atoms with E-state index in [0.717, 1.165) is 51.4 Å². The summed E-state index contributed by atoms with van der Waals surface area (Å²) in [5.74, 6) is -0.272. The molecule has 57 heavy (non-hydrogen) atoms. The molecule has 8 atom stereocenters. The number of unbranched alkanes of at least 4 members (excludes halogenated alkanes) is 18. The minimum absolute atomic E-state index is 0.265. The summed E-state index contributed by atoms with van der Waals surface area (Å²) in [6.45, 7) is 1.32. The number of aliphatic hydroxyl groups is 6. The number of aryl methyl sites for hydroxylation is 1. The van der Waals surface area contributed by atoms with Gasteiger partial charge in [0.2, 0.25) is 5.91 Å². The lowest BCUT2D eigenvalue weighted by atomic mass is 9.98. The van der Waals surface area contributed by atoms with Gasteiger partial charge in [-0.3, -0.25) is 4.79 Å². The van der Waals surface area contributed by atoms with Crippen molar-refractivity contribution < 1.29 is 44.9 Å². The Hall–Kier alpha value is -2.41. The van der Waals surface area contributed by atoms with Crippen molar-refractivity contribution >= 4 is 5.91 Å². The molecule has 0 saturated carbocycles. The van der Waals surface area contributed by atoms with Crippen molar-refractivity contribution in [3.63, 3.8) is 0 Å². The van der Waals surface area contributed by atoms with Gasteiger partial charge in [0.05, 0.1) is 25.4 Å². The summed E-state index contributed by atoms with van der Waals surface area (Å²) >= 11 is 0. The summed E-state index contributed by atoms with van der Waals surface area (Å²) in [7, 11) is 0. The second kappa shape index (κ2) is 29.7. The van der Waals surface area contributed by atoms with Crippen molar-refractivity contribution in [3.8, 4) is 11.1 Å². The largest absolute Gasteiger partial charge is 0.394 e. The molecule has 0 radical (unpaired) electrons. The lowest BCUT2D eigenvalue weighted by molar-refractivity contribution is -0.303. The molecule has 324 valence electrons. The molecule has 1 saturated heterocycles. The first-order chi connectivity index (χ1) is 27.7. The van der Waals surface area contributed by atoms with Crippen LogP contribution in [-0.4, -0.2) is 98.7 Å². The maximum Gasteiger partial charge on any atom is 0.220 e.